The van der Waals surface area contributed by atoms with Gasteiger partial charge in [-0.3, -0.25) is 9.69 Å². The minimum absolute atomic E-state index is 0.0942. The Balaban J connectivity index is 1.85. The maximum Gasteiger partial charge on any atom is 0.237 e. The average Bonchev–Trinajstić information content (AvgIpc) is 2.75. The average molecular weight is 270 g/mol. The summed E-state index contributed by atoms with van der Waals surface area (Å²) in [5.74, 6) is -0.270. The first kappa shape index (κ1) is 14.8. The van der Waals surface area contributed by atoms with E-state index in [-0.39, 0.29) is 23.3 Å². The molecule has 2 fully saturated rings. The van der Waals surface area contributed by atoms with E-state index in [1.54, 1.807) is 0 Å². The van der Waals surface area contributed by atoms with E-state index in [2.05, 4.69) is 10.2 Å². The predicted molar refractivity (Wildman–Crippen MR) is 72.8 cm³/mol. The lowest BCUT2D eigenvalue weighted by atomic mass is 10.0. The first-order valence-corrected chi connectivity index (χ1v) is 7.15. The van der Waals surface area contributed by atoms with Crippen molar-refractivity contribution >= 4 is 5.91 Å². The van der Waals surface area contributed by atoms with E-state index < -0.39 is 0 Å². The SMILES string of the molecule is CC(C(=O)NC(C)(C)C)N1CCC2(CC1)OCCO2. The summed E-state index contributed by atoms with van der Waals surface area (Å²) in [5.41, 5.74) is -0.181. The van der Waals surface area contributed by atoms with Gasteiger partial charge in [-0.1, -0.05) is 0 Å². The Morgan fingerprint density at radius 2 is 1.74 bits per heavy atom. The number of nitrogens with zero attached hydrogens (tertiary/aromatic N) is 1. The minimum atomic E-state index is -0.364. The summed E-state index contributed by atoms with van der Waals surface area (Å²) >= 11 is 0. The first-order valence-electron chi connectivity index (χ1n) is 7.15. The molecule has 0 aromatic heterocycles. The van der Waals surface area contributed by atoms with E-state index in [1.165, 1.54) is 0 Å². The van der Waals surface area contributed by atoms with Crippen molar-refractivity contribution in [2.24, 2.45) is 0 Å². The standard InChI is InChI=1S/C14H26N2O3/c1-11(12(17)15-13(2,3)4)16-7-5-14(6-8-16)18-9-10-19-14/h11H,5-10H2,1-4H3,(H,15,17). The molecule has 2 rings (SSSR count). The van der Waals surface area contributed by atoms with Gasteiger partial charge in [0, 0.05) is 31.5 Å². The van der Waals surface area contributed by atoms with Crippen LogP contribution in [0.5, 0.6) is 0 Å². The molecule has 2 aliphatic heterocycles. The Bertz CT molecular complexity index is 322. The topological polar surface area (TPSA) is 50.8 Å². The third-order valence-corrected chi connectivity index (χ3v) is 3.80. The lowest BCUT2D eigenvalue weighted by Crippen LogP contribution is -2.55. The zero-order chi connectivity index (χ0) is 14.1. The summed E-state index contributed by atoms with van der Waals surface area (Å²) in [6.45, 7) is 11.1. The van der Waals surface area contributed by atoms with Gasteiger partial charge in [-0.25, -0.2) is 0 Å². The van der Waals surface area contributed by atoms with E-state index in [0.29, 0.717) is 13.2 Å². The molecule has 0 radical (unpaired) electrons. The summed E-state index contributed by atoms with van der Waals surface area (Å²) in [5, 5.41) is 3.03. The smallest absolute Gasteiger partial charge is 0.237 e. The highest BCUT2D eigenvalue weighted by Gasteiger charge is 2.41. The predicted octanol–water partition coefficient (Wildman–Crippen LogP) is 1.13. The first-order chi connectivity index (χ1) is 8.81. The quantitative estimate of drug-likeness (QED) is 0.817. The number of piperidine rings is 1. The van der Waals surface area contributed by atoms with Gasteiger partial charge in [-0.2, -0.15) is 0 Å². The number of likely N-dealkylation sites (tertiary alicyclic amines) is 1. The zero-order valence-electron chi connectivity index (χ0n) is 12.5. The van der Waals surface area contributed by atoms with Crippen LogP contribution in [0.4, 0.5) is 0 Å². The number of hydrogen-bond acceptors (Lipinski definition) is 4. The molecule has 2 heterocycles. The van der Waals surface area contributed by atoms with E-state index >= 15 is 0 Å². The van der Waals surface area contributed by atoms with Gasteiger partial charge in [0.05, 0.1) is 19.3 Å². The molecule has 1 atom stereocenters. The van der Waals surface area contributed by atoms with Gasteiger partial charge < -0.3 is 14.8 Å². The van der Waals surface area contributed by atoms with Crippen molar-refractivity contribution in [3.63, 3.8) is 0 Å². The molecule has 19 heavy (non-hydrogen) atoms. The highest BCUT2D eigenvalue weighted by molar-refractivity contribution is 5.81. The van der Waals surface area contributed by atoms with Crippen molar-refractivity contribution < 1.29 is 14.3 Å². The van der Waals surface area contributed by atoms with E-state index in [0.717, 1.165) is 25.9 Å². The lowest BCUT2D eigenvalue weighted by Gasteiger charge is -2.40. The zero-order valence-corrected chi connectivity index (χ0v) is 12.5. The number of rotatable bonds is 2. The van der Waals surface area contributed by atoms with Gasteiger partial charge >= 0.3 is 0 Å². The Morgan fingerprint density at radius 1 is 1.21 bits per heavy atom. The van der Waals surface area contributed by atoms with Crippen LogP contribution >= 0.6 is 0 Å². The van der Waals surface area contributed by atoms with E-state index in [1.807, 2.05) is 27.7 Å². The highest BCUT2D eigenvalue weighted by Crippen LogP contribution is 2.31. The van der Waals surface area contributed by atoms with Crippen molar-refractivity contribution in [2.75, 3.05) is 26.3 Å². The number of amides is 1. The Hall–Kier alpha value is -0.650. The number of ether oxygens (including phenoxy) is 2. The Morgan fingerprint density at radius 3 is 2.21 bits per heavy atom. The fourth-order valence-electron chi connectivity index (χ4n) is 2.68. The largest absolute Gasteiger partial charge is 0.350 e. The van der Waals surface area contributed by atoms with Gasteiger partial charge in [0.25, 0.3) is 0 Å². The second-order valence-electron chi connectivity index (χ2n) is 6.56. The van der Waals surface area contributed by atoms with Crippen LogP contribution in [0.25, 0.3) is 0 Å². The van der Waals surface area contributed by atoms with Crippen LogP contribution in [0, 0.1) is 0 Å². The van der Waals surface area contributed by atoms with Crippen LogP contribution in [0.15, 0.2) is 0 Å². The van der Waals surface area contributed by atoms with Gasteiger partial charge in [0.15, 0.2) is 5.79 Å². The van der Waals surface area contributed by atoms with Gasteiger partial charge in [-0.05, 0) is 27.7 Å². The summed E-state index contributed by atoms with van der Waals surface area (Å²) in [7, 11) is 0. The van der Waals surface area contributed by atoms with Crippen LogP contribution < -0.4 is 5.32 Å². The normalized spacial score (nSPS) is 25.5. The van der Waals surface area contributed by atoms with Crippen LogP contribution in [0.1, 0.15) is 40.5 Å². The van der Waals surface area contributed by atoms with Crippen molar-refractivity contribution in [1.82, 2.24) is 10.2 Å². The lowest BCUT2D eigenvalue weighted by molar-refractivity contribution is -0.188. The highest BCUT2D eigenvalue weighted by atomic mass is 16.7. The molecule has 2 aliphatic rings. The van der Waals surface area contributed by atoms with E-state index in [4.69, 9.17) is 9.47 Å². The third-order valence-electron chi connectivity index (χ3n) is 3.80. The fraction of sp³-hybridized carbons (Fsp3) is 0.929. The van der Waals surface area contributed by atoms with Crippen molar-refractivity contribution in [3.05, 3.63) is 0 Å². The molecular formula is C14H26N2O3. The molecule has 0 aliphatic carbocycles. The molecular weight excluding hydrogens is 244 g/mol. The summed E-state index contributed by atoms with van der Waals surface area (Å²) < 4.78 is 11.4. The summed E-state index contributed by atoms with van der Waals surface area (Å²) in [6, 6.07) is -0.0991. The molecule has 0 saturated carbocycles. The molecule has 0 aromatic rings. The molecule has 0 aromatic carbocycles. The molecule has 5 heteroatoms. The summed E-state index contributed by atoms with van der Waals surface area (Å²) in [6.07, 6.45) is 1.69. The van der Waals surface area contributed by atoms with Gasteiger partial charge in [-0.15, -0.1) is 0 Å². The van der Waals surface area contributed by atoms with Crippen LogP contribution in [-0.4, -0.2) is 54.5 Å². The monoisotopic (exact) mass is 270 g/mol. The van der Waals surface area contributed by atoms with Crippen LogP contribution in [0.3, 0.4) is 0 Å². The maximum absolute atomic E-state index is 12.2. The Kier molecular flexibility index (Phi) is 4.18. The Labute approximate surface area is 115 Å². The fourth-order valence-corrected chi connectivity index (χ4v) is 2.68. The number of carbonyl (C=O) groups is 1. The van der Waals surface area contributed by atoms with Crippen molar-refractivity contribution in [3.8, 4) is 0 Å². The number of hydrogen-bond donors (Lipinski definition) is 1. The molecule has 1 unspecified atom stereocenters. The van der Waals surface area contributed by atoms with Gasteiger partial charge in [0.1, 0.15) is 0 Å². The molecule has 1 spiro atoms. The second-order valence-corrected chi connectivity index (χ2v) is 6.56. The molecule has 0 bridgehead atoms. The third kappa shape index (κ3) is 3.68. The van der Waals surface area contributed by atoms with Gasteiger partial charge in [0.2, 0.25) is 5.91 Å². The van der Waals surface area contributed by atoms with Crippen LogP contribution in [-0.2, 0) is 14.3 Å². The summed E-state index contributed by atoms with van der Waals surface area (Å²) in [4.78, 5) is 14.4. The van der Waals surface area contributed by atoms with Crippen LogP contribution in [0.2, 0.25) is 0 Å². The maximum atomic E-state index is 12.2. The molecule has 5 nitrogen and oxygen atoms in total. The molecule has 2 saturated heterocycles. The van der Waals surface area contributed by atoms with Crippen molar-refractivity contribution in [1.29, 1.82) is 0 Å². The second kappa shape index (κ2) is 5.38. The van der Waals surface area contributed by atoms with Crippen molar-refractivity contribution in [2.45, 2.75) is 57.9 Å². The number of nitrogens with one attached hydrogen (secondary N) is 1. The number of carbonyl (C=O) groups excluding carboxylic acids is 1. The molecule has 110 valence electrons. The molecule has 1 amide bonds. The van der Waals surface area contributed by atoms with E-state index in [9.17, 15) is 4.79 Å². The minimum Gasteiger partial charge on any atom is -0.350 e. The molecule has 1 N–H and O–H groups in total.